The van der Waals surface area contributed by atoms with Gasteiger partial charge in [-0.15, -0.1) is 0 Å². The smallest absolute Gasteiger partial charge is 0.182 e. The van der Waals surface area contributed by atoms with Crippen LogP contribution in [0.15, 0.2) is 4.90 Å². The molecule has 0 saturated heterocycles. The minimum atomic E-state index is -3.37. The molecule has 1 aromatic rings. The molecule has 1 unspecified atom stereocenters. The van der Waals surface area contributed by atoms with Crippen LogP contribution in [0.2, 0.25) is 0 Å². The molecule has 1 aromatic heterocycles. The van der Waals surface area contributed by atoms with E-state index in [4.69, 9.17) is 10.5 Å². The van der Waals surface area contributed by atoms with E-state index in [1.807, 2.05) is 13.8 Å². The number of aromatic nitrogens is 1. The van der Waals surface area contributed by atoms with Gasteiger partial charge in [-0.1, -0.05) is 0 Å². The maximum Gasteiger partial charge on any atom is 0.182 e. The molecule has 1 rings (SSSR count). The summed E-state index contributed by atoms with van der Waals surface area (Å²) in [6.07, 6.45) is 1.12. The first-order valence-electron chi connectivity index (χ1n) is 5.15. The average Bonchev–Trinajstić information content (AvgIpc) is 2.56. The minimum Gasteiger partial charge on any atom is -0.382 e. The summed E-state index contributed by atoms with van der Waals surface area (Å²) < 4.78 is 32.2. The van der Waals surface area contributed by atoms with Crippen LogP contribution in [0.5, 0.6) is 0 Å². The Kier molecular flexibility index (Phi) is 4.72. The highest BCUT2D eigenvalue weighted by Crippen LogP contribution is 2.31. The Morgan fingerprint density at radius 2 is 2.24 bits per heavy atom. The molecular formula is C9H17N3O3S2. The van der Waals surface area contributed by atoms with Crippen molar-refractivity contribution < 1.29 is 13.2 Å². The zero-order valence-electron chi connectivity index (χ0n) is 10.1. The lowest BCUT2D eigenvalue weighted by Crippen LogP contribution is -2.22. The van der Waals surface area contributed by atoms with Crippen molar-refractivity contribution in [3.8, 4) is 0 Å². The first-order valence-corrected chi connectivity index (χ1v) is 7.82. The molecule has 17 heavy (non-hydrogen) atoms. The molecule has 0 radical (unpaired) electrons. The molecule has 0 spiro atoms. The van der Waals surface area contributed by atoms with Gasteiger partial charge in [-0.05, 0) is 25.4 Å². The van der Waals surface area contributed by atoms with Crippen LogP contribution in [0.25, 0.3) is 0 Å². The third-order valence-electron chi connectivity index (χ3n) is 1.99. The highest BCUT2D eigenvalue weighted by atomic mass is 32.2. The molecule has 0 fully saturated rings. The SMILES string of the molecule is CCOCC(C)Nc1snc(N)c1S(C)(=O)=O. The summed E-state index contributed by atoms with van der Waals surface area (Å²) in [5, 5.41) is 3.51. The normalized spacial score (nSPS) is 13.6. The van der Waals surface area contributed by atoms with Crippen LogP contribution in [-0.4, -0.2) is 38.3 Å². The molecule has 0 amide bonds. The lowest BCUT2D eigenvalue weighted by Gasteiger charge is -2.14. The van der Waals surface area contributed by atoms with Gasteiger partial charge < -0.3 is 15.8 Å². The van der Waals surface area contributed by atoms with Crippen molar-refractivity contribution in [3.63, 3.8) is 0 Å². The van der Waals surface area contributed by atoms with Crippen molar-refractivity contribution in [2.45, 2.75) is 24.8 Å². The van der Waals surface area contributed by atoms with Crippen molar-refractivity contribution in [1.82, 2.24) is 4.37 Å². The molecule has 0 saturated carbocycles. The minimum absolute atomic E-state index is 0.00435. The molecule has 6 nitrogen and oxygen atoms in total. The average molecular weight is 279 g/mol. The second kappa shape index (κ2) is 5.65. The zero-order valence-corrected chi connectivity index (χ0v) is 11.7. The number of nitrogens with zero attached hydrogens (tertiary/aromatic N) is 1. The fourth-order valence-corrected chi connectivity index (χ4v) is 3.47. The number of hydrogen-bond acceptors (Lipinski definition) is 7. The first-order chi connectivity index (χ1) is 7.86. The number of nitrogen functional groups attached to an aromatic ring is 1. The van der Waals surface area contributed by atoms with Gasteiger partial charge in [0.25, 0.3) is 0 Å². The second-order valence-corrected chi connectivity index (χ2v) is 6.43. The molecule has 8 heteroatoms. The maximum absolute atomic E-state index is 11.5. The van der Waals surface area contributed by atoms with Crippen molar-refractivity contribution in [3.05, 3.63) is 0 Å². The van der Waals surface area contributed by atoms with Gasteiger partial charge in [-0.3, -0.25) is 0 Å². The Morgan fingerprint density at radius 3 is 2.76 bits per heavy atom. The van der Waals surface area contributed by atoms with Gasteiger partial charge in [-0.25, -0.2) is 8.42 Å². The highest BCUT2D eigenvalue weighted by molar-refractivity contribution is 7.91. The van der Waals surface area contributed by atoms with Crippen LogP contribution in [0.4, 0.5) is 10.8 Å². The lowest BCUT2D eigenvalue weighted by atomic mass is 10.3. The Bertz CT molecular complexity index is 470. The third kappa shape index (κ3) is 3.83. The van der Waals surface area contributed by atoms with E-state index < -0.39 is 9.84 Å². The van der Waals surface area contributed by atoms with Crippen LogP contribution < -0.4 is 11.1 Å². The summed E-state index contributed by atoms with van der Waals surface area (Å²) in [6.45, 7) is 4.92. The Balaban J connectivity index is 2.86. The van der Waals surface area contributed by atoms with E-state index in [0.717, 1.165) is 17.8 Å². The van der Waals surface area contributed by atoms with Gasteiger partial charge in [0.1, 0.15) is 9.90 Å². The summed E-state index contributed by atoms with van der Waals surface area (Å²) in [5.74, 6) is 0.0450. The predicted octanol–water partition coefficient (Wildman–Crippen LogP) is 0.966. The second-order valence-electron chi connectivity index (χ2n) is 3.70. The van der Waals surface area contributed by atoms with Crippen molar-refractivity contribution in [1.29, 1.82) is 0 Å². The van der Waals surface area contributed by atoms with Crippen LogP contribution in [0.3, 0.4) is 0 Å². The molecule has 0 aliphatic heterocycles. The number of sulfone groups is 1. The number of nitrogens with two attached hydrogens (primary N) is 1. The van der Waals surface area contributed by atoms with Crippen LogP contribution in [0.1, 0.15) is 13.8 Å². The first kappa shape index (κ1) is 14.2. The molecule has 0 bridgehead atoms. The number of anilines is 2. The number of nitrogens with one attached hydrogen (secondary N) is 1. The van der Waals surface area contributed by atoms with E-state index in [1.165, 1.54) is 0 Å². The summed E-state index contributed by atoms with van der Waals surface area (Å²) in [6, 6.07) is -0.00435. The fourth-order valence-electron chi connectivity index (χ4n) is 1.30. The summed E-state index contributed by atoms with van der Waals surface area (Å²) in [7, 11) is -3.37. The van der Waals surface area contributed by atoms with Crippen molar-refractivity contribution in [2.24, 2.45) is 0 Å². The Hall–Kier alpha value is -0.860. The number of hydrogen-bond donors (Lipinski definition) is 2. The summed E-state index contributed by atoms with van der Waals surface area (Å²) in [5.41, 5.74) is 5.55. The predicted molar refractivity (Wildman–Crippen MR) is 69.2 cm³/mol. The topological polar surface area (TPSA) is 94.3 Å². The summed E-state index contributed by atoms with van der Waals surface area (Å²) in [4.78, 5) is 0.0749. The Labute approximate surface area is 105 Å². The number of rotatable bonds is 6. The van der Waals surface area contributed by atoms with E-state index in [0.29, 0.717) is 18.2 Å². The fraction of sp³-hybridized carbons (Fsp3) is 0.667. The van der Waals surface area contributed by atoms with Crippen LogP contribution in [-0.2, 0) is 14.6 Å². The molecule has 1 heterocycles. The van der Waals surface area contributed by atoms with Gasteiger partial charge in [-0.2, -0.15) is 4.37 Å². The van der Waals surface area contributed by atoms with Gasteiger partial charge in [0.2, 0.25) is 0 Å². The van der Waals surface area contributed by atoms with Crippen molar-refractivity contribution >= 4 is 32.2 Å². The van der Waals surface area contributed by atoms with Crippen LogP contribution >= 0.6 is 11.5 Å². The maximum atomic E-state index is 11.5. The van der Waals surface area contributed by atoms with E-state index in [1.54, 1.807) is 0 Å². The molecular weight excluding hydrogens is 262 g/mol. The van der Waals surface area contributed by atoms with Gasteiger partial charge in [0, 0.05) is 18.9 Å². The van der Waals surface area contributed by atoms with E-state index >= 15 is 0 Å². The molecule has 3 N–H and O–H groups in total. The lowest BCUT2D eigenvalue weighted by molar-refractivity contribution is 0.141. The Morgan fingerprint density at radius 1 is 1.59 bits per heavy atom. The van der Waals surface area contributed by atoms with Gasteiger partial charge >= 0.3 is 0 Å². The highest BCUT2D eigenvalue weighted by Gasteiger charge is 2.22. The number of ether oxygens (including phenoxy) is 1. The third-order valence-corrected chi connectivity index (χ3v) is 4.07. The quantitative estimate of drug-likeness (QED) is 0.805. The molecule has 0 aliphatic carbocycles. The zero-order chi connectivity index (χ0) is 13.1. The van der Waals surface area contributed by atoms with Gasteiger partial charge in [0.15, 0.2) is 15.7 Å². The van der Waals surface area contributed by atoms with Gasteiger partial charge in [0.05, 0.1) is 6.61 Å². The molecule has 98 valence electrons. The molecule has 0 aromatic carbocycles. The van der Waals surface area contributed by atoms with E-state index in [-0.39, 0.29) is 16.8 Å². The van der Waals surface area contributed by atoms with E-state index in [2.05, 4.69) is 9.69 Å². The monoisotopic (exact) mass is 279 g/mol. The van der Waals surface area contributed by atoms with E-state index in [9.17, 15) is 8.42 Å². The van der Waals surface area contributed by atoms with Crippen LogP contribution in [0, 0.1) is 0 Å². The van der Waals surface area contributed by atoms with Crippen molar-refractivity contribution in [2.75, 3.05) is 30.5 Å². The summed E-state index contributed by atoms with van der Waals surface area (Å²) >= 11 is 1.04. The molecule has 0 aliphatic rings. The molecule has 1 atom stereocenters. The largest absolute Gasteiger partial charge is 0.382 e. The standard InChI is InChI=1S/C9H17N3O3S2/c1-4-15-5-6(2)11-9-7(17(3,13)14)8(10)12-16-9/h6,11H,4-5H2,1-3H3,(H2,10,12).